The lowest BCUT2D eigenvalue weighted by atomic mass is 9.82. The molecular weight excluding hydrogens is 569 g/mol. The van der Waals surface area contributed by atoms with Crippen molar-refractivity contribution >= 4 is 6.08 Å². The number of hydrogen-bond donors (Lipinski definition) is 0. The zero-order chi connectivity index (χ0) is 30.7. The molecule has 0 aromatic heterocycles. The van der Waals surface area contributed by atoms with Gasteiger partial charge in [0.25, 0.3) is 0 Å². The van der Waals surface area contributed by atoms with Crippen molar-refractivity contribution < 1.29 is 35.5 Å². The van der Waals surface area contributed by atoms with E-state index in [2.05, 4.69) is 0 Å². The molecule has 0 unspecified atom stereocenters. The monoisotopic (exact) mass is 598 g/mol. The molecule has 43 heavy (non-hydrogen) atoms. The molecule has 5 rings (SSSR count). The van der Waals surface area contributed by atoms with E-state index in [4.69, 9.17) is 4.74 Å². The molecule has 1 fully saturated rings. The molecule has 1 nitrogen and oxygen atoms in total. The quantitative estimate of drug-likeness (QED) is 0.145. The molecule has 0 amide bonds. The summed E-state index contributed by atoms with van der Waals surface area (Å²) in [5.74, 6) is -6.02. The summed E-state index contributed by atoms with van der Waals surface area (Å²) in [6.45, 7) is 1.92. The van der Waals surface area contributed by atoms with Gasteiger partial charge in [-0.15, -0.1) is 0 Å². The lowest BCUT2D eigenvalue weighted by molar-refractivity contribution is -0.278. The third kappa shape index (κ3) is 6.85. The molecule has 224 valence electrons. The minimum absolute atomic E-state index is 0.0633. The Hall–Kier alpha value is -3.91. The molecule has 8 heteroatoms. The summed E-state index contributed by atoms with van der Waals surface area (Å²) in [5, 5.41) is 0. The van der Waals surface area contributed by atoms with Crippen LogP contribution >= 0.6 is 0 Å². The van der Waals surface area contributed by atoms with Crippen molar-refractivity contribution in [3.05, 3.63) is 125 Å². The van der Waals surface area contributed by atoms with E-state index >= 15 is 0 Å². The summed E-state index contributed by atoms with van der Waals surface area (Å²) in [5.41, 5.74) is 1.80. The van der Waals surface area contributed by atoms with Gasteiger partial charge in [-0.05, 0) is 96.2 Å². The van der Waals surface area contributed by atoms with Gasteiger partial charge < -0.3 is 4.74 Å². The van der Waals surface area contributed by atoms with Crippen LogP contribution in [0.4, 0.5) is 30.7 Å². The molecule has 0 radical (unpaired) electrons. The van der Waals surface area contributed by atoms with Gasteiger partial charge in [0, 0.05) is 5.56 Å². The molecule has 0 heterocycles. The zero-order valence-corrected chi connectivity index (χ0v) is 23.3. The van der Waals surface area contributed by atoms with E-state index in [-0.39, 0.29) is 17.0 Å². The van der Waals surface area contributed by atoms with Crippen molar-refractivity contribution in [1.82, 2.24) is 0 Å². The van der Waals surface area contributed by atoms with Gasteiger partial charge in [-0.25, -0.2) is 22.0 Å². The summed E-state index contributed by atoms with van der Waals surface area (Å²) < 4.78 is 105. The normalized spacial score (nSPS) is 17.5. The standard InChI is InChI=1S/C35H29F7O/c1-2-3-4-21-5-16-29(31(37)17-21)35(41,42)43-27-13-10-23(11-14-27)22-6-8-24(9-7-22)25-12-15-28(30(36)18-25)26-19-32(38)34(40)33(39)20-26/h3-9,12,15-20,23,27H,2,10-11,13-14H2,1H3. The van der Waals surface area contributed by atoms with E-state index in [1.807, 2.05) is 37.3 Å². The van der Waals surface area contributed by atoms with Crippen LogP contribution in [-0.2, 0) is 10.8 Å². The van der Waals surface area contributed by atoms with Crippen molar-refractivity contribution in [2.75, 3.05) is 0 Å². The first-order chi connectivity index (χ1) is 20.6. The van der Waals surface area contributed by atoms with Crippen LogP contribution in [0.25, 0.3) is 28.3 Å². The Morgan fingerprint density at radius 1 is 0.698 bits per heavy atom. The van der Waals surface area contributed by atoms with Crippen molar-refractivity contribution in [3.8, 4) is 22.3 Å². The van der Waals surface area contributed by atoms with Gasteiger partial charge in [-0.1, -0.05) is 61.5 Å². The molecule has 1 saturated carbocycles. The van der Waals surface area contributed by atoms with Gasteiger partial charge in [0.1, 0.15) is 11.6 Å². The van der Waals surface area contributed by atoms with Gasteiger partial charge in [0.2, 0.25) is 0 Å². The Labute approximate surface area is 245 Å². The molecule has 0 atom stereocenters. The third-order valence-electron chi connectivity index (χ3n) is 7.82. The number of hydrogen-bond acceptors (Lipinski definition) is 1. The van der Waals surface area contributed by atoms with Crippen LogP contribution in [0.5, 0.6) is 0 Å². The highest BCUT2D eigenvalue weighted by atomic mass is 19.3. The molecule has 1 aliphatic carbocycles. The minimum atomic E-state index is -3.75. The van der Waals surface area contributed by atoms with Crippen LogP contribution < -0.4 is 0 Å². The largest absolute Gasteiger partial charge is 0.386 e. The fourth-order valence-corrected chi connectivity index (χ4v) is 5.50. The Balaban J connectivity index is 1.21. The van der Waals surface area contributed by atoms with E-state index < -0.39 is 46.9 Å². The number of ether oxygens (including phenoxy) is 1. The number of alkyl halides is 2. The number of benzene rings is 4. The van der Waals surface area contributed by atoms with Crippen LogP contribution in [0.3, 0.4) is 0 Å². The van der Waals surface area contributed by atoms with E-state index in [0.717, 1.165) is 36.2 Å². The molecule has 0 aliphatic heterocycles. The summed E-state index contributed by atoms with van der Waals surface area (Å²) >= 11 is 0. The van der Waals surface area contributed by atoms with Crippen LogP contribution in [0, 0.1) is 29.1 Å². The minimum Gasteiger partial charge on any atom is -0.313 e. The molecule has 4 aromatic rings. The SMILES string of the molecule is CCC=Cc1ccc(C(F)(F)OC2CCC(c3ccc(-c4ccc(-c5cc(F)c(F)c(F)c5)c(F)c4)cc3)CC2)c(F)c1. The molecular formula is C35H29F7O. The maximum Gasteiger partial charge on any atom is 0.386 e. The predicted octanol–water partition coefficient (Wildman–Crippen LogP) is 10.9. The first-order valence-electron chi connectivity index (χ1n) is 14.1. The van der Waals surface area contributed by atoms with Crippen molar-refractivity contribution in [2.24, 2.45) is 0 Å². The smallest absolute Gasteiger partial charge is 0.313 e. The highest BCUT2D eigenvalue weighted by Crippen LogP contribution is 2.40. The maximum atomic E-state index is 14.9. The van der Waals surface area contributed by atoms with Gasteiger partial charge in [0.05, 0.1) is 11.7 Å². The summed E-state index contributed by atoms with van der Waals surface area (Å²) in [4.78, 5) is 0. The van der Waals surface area contributed by atoms with Gasteiger partial charge in [-0.3, -0.25) is 0 Å². The highest BCUT2D eigenvalue weighted by molar-refractivity contribution is 5.71. The summed E-state index contributed by atoms with van der Waals surface area (Å²) in [6, 6.07) is 16.7. The Kier molecular flexibility index (Phi) is 9.06. The van der Waals surface area contributed by atoms with Crippen molar-refractivity contribution in [3.63, 3.8) is 0 Å². The van der Waals surface area contributed by atoms with Crippen LogP contribution in [-0.4, -0.2) is 6.10 Å². The summed E-state index contributed by atoms with van der Waals surface area (Å²) in [6.07, 6.45) is 1.77. The Morgan fingerprint density at radius 2 is 1.33 bits per heavy atom. The second-order valence-electron chi connectivity index (χ2n) is 10.7. The highest BCUT2D eigenvalue weighted by Gasteiger charge is 2.39. The van der Waals surface area contributed by atoms with Gasteiger partial charge in [0.15, 0.2) is 17.5 Å². The van der Waals surface area contributed by atoms with Crippen molar-refractivity contribution in [2.45, 2.75) is 57.2 Å². The fourth-order valence-electron chi connectivity index (χ4n) is 5.50. The number of halogens is 7. The molecule has 4 aromatic carbocycles. The van der Waals surface area contributed by atoms with E-state index in [1.54, 1.807) is 12.1 Å². The molecule has 0 saturated heterocycles. The predicted molar refractivity (Wildman–Crippen MR) is 153 cm³/mol. The number of allylic oxidation sites excluding steroid dienone is 1. The van der Waals surface area contributed by atoms with Crippen LogP contribution in [0.15, 0.2) is 78.9 Å². The topological polar surface area (TPSA) is 9.23 Å². The lowest BCUT2D eigenvalue weighted by Gasteiger charge is -2.31. The second kappa shape index (κ2) is 12.8. The first kappa shape index (κ1) is 30.5. The van der Waals surface area contributed by atoms with E-state index in [0.29, 0.717) is 42.4 Å². The molecule has 0 N–H and O–H groups in total. The maximum absolute atomic E-state index is 14.9. The molecule has 0 bridgehead atoms. The van der Waals surface area contributed by atoms with Crippen LogP contribution in [0.1, 0.15) is 61.6 Å². The number of rotatable bonds is 8. The average Bonchev–Trinajstić information content (AvgIpc) is 2.98. The molecule has 1 aliphatic rings. The van der Waals surface area contributed by atoms with Gasteiger partial charge in [-0.2, -0.15) is 8.78 Å². The van der Waals surface area contributed by atoms with E-state index in [1.165, 1.54) is 18.2 Å². The zero-order valence-electron chi connectivity index (χ0n) is 23.3. The third-order valence-corrected chi connectivity index (χ3v) is 7.82. The summed E-state index contributed by atoms with van der Waals surface area (Å²) in [7, 11) is 0. The lowest BCUT2D eigenvalue weighted by Crippen LogP contribution is -2.30. The fraction of sp³-hybridized carbons (Fsp3) is 0.257. The Bertz CT molecular complexity index is 1600. The van der Waals surface area contributed by atoms with Crippen molar-refractivity contribution in [1.29, 1.82) is 0 Å². The Morgan fingerprint density at radius 3 is 1.93 bits per heavy atom. The van der Waals surface area contributed by atoms with E-state index in [9.17, 15) is 30.7 Å². The van der Waals surface area contributed by atoms with Gasteiger partial charge >= 0.3 is 6.11 Å². The second-order valence-corrected chi connectivity index (χ2v) is 10.7. The van der Waals surface area contributed by atoms with Crippen LogP contribution in [0.2, 0.25) is 0 Å². The first-order valence-corrected chi connectivity index (χ1v) is 14.1. The average molecular weight is 599 g/mol. The molecule has 0 spiro atoms.